The van der Waals surface area contributed by atoms with Gasteiger partial charge >= 0.3 is 0 Å². The summed E-state index contributed by atoms with van der Waals surface area (Å²) < 4.78 is 15.3. The molecule has 0 N–H and O–H groups in total. The predicted octanol–water partition coefficient (Wildman–Crippen LogP) is 5.09. The molecule has 0 saturated carbocycles. The van der Waals surface area contributed by atoms with E-state index in [4.69, 9.17) is 4.98 Å². The maximum atomic E-state index is 13.9. The molecule has 3 heterocycles. The van der Waals surface area contributed by atoms with E-state index in [1.165, 1.54) is 35.2 Å². The Hall–Kier alpha value is -2.97. The van der Waals surface area contributed by atoms with Crippen molar-refractivity contribution in [3.63, 3.8) is 0 Å². The first kappa shape index (κ1) is 21.9. The highest BCUT2D eigenvalue weighted by molar-refractivity contribution is 7.98. The van der Waals surface area contributed by atoms with E-state index in [1.54, 1.807) is 22.5 Å². The maximum absolute atomic E-state index is 13.9. The molecule has 1 aliphatic rings. The molecule has 2 aromatic carbocycles. The van der Waals surface area contributed by atoms with Gasteiger partial charge in [-0.1, -0.05) is 36.0 Å². The lowest BCUT2D eigenvalue weighted by Crippen LogP contribution is -2.34. The summed E-state index contributed by atoms with van der Waals surface area (Å²) in [5, 5.41) is 1.22. The zero-order valence-electron chi connectivity index (χ0n) is 18.3. The Balaban J connectivity index is 1.65. The number of rotatable bonds is 4. The summed E-state index contributed by atoms with van der Waals surface area (Å²) in [6.07, 6.45) is 0.648. The molecule has 1 aliphatic heterocycles. The largest absolute Gasteiger partial charge is 0.337 e. The number of fused-ring (bicyclic) bond motifs is 3. The third-order valence-corrected chi connectivity index (χ3v) is 7.93. The molecule has 1 amide bonds. The van der Waals surface area contributed by atoms with Crippen molar-refractivity contribution >= 4 is 39.2 Å². The summed E-state index contributed by atoms with van der Waals surface area (Å²) in [4.78, 5) is 34.2. The number of benzene rings is 2. The number of hydrogen-bond donors (Lipinski definition) is 0. The SMILES string of the molecule is CC(=O)N1CCc2c(sc3nc(SCc4cccc(F)c4)n(-c4cccc(C)c4)c(=O)c23)C1. The number of thiophene rings is 1. The number of amides is 1. The lowest BCUT2D eigenvalue weighted by molar-refractivity contribution is -0.129. The Bertz CT molecular complexity index is 1440. The van der Waals surface area contributed by atoms with E-state index >= 15 is 0 Å². The van der Waals surface area contributed by atoms with Gasteiger partial charge in [0, 0.05) is 24.1 Å². The molecule has 0 bridgehead atoms. The Morgan fingerprint density at radius 2 is 2.03 bits per heavy atom. The van der Waals surface area contributed by atoms with E-state index in [0.29, 0.717) is 40.6 Å². The quantitative estimate of drug-likeness (QED) is 0.302. The van der Waals surface area contributed by atoms with Crippen LogP contribution in [0.3, 0.4) is 0 Å². The summed E-state index contributed by atoms with van der Waals surface area (Å²) in [6.45, 7) is 4.68. The van der Waals surface area contributed by atoms with Crippen molar-refractivity contribution < 1.29 is 9.18 Å². The summed E-state index contributed by atoms with van der Waals surface area (Å²) in [5.74, 6) is 0.244. The van der Waals surface area contributed by atoms with Crippen molar-refractivity contribution in [1.82, 2.24) is 14.5 Å². The highest BCUT2D eigenvalue weighted by Crippen LogP contribution is 2.35. The number of aryl methyl sites for hydroxylation is 1. The average molecular weight is 480 g/mol. The lowest BCUT2D eigenvalue weighted by atomic mass is 10.1. The van der Waals surface area contributed by atoms with Crippen molar-refractivity contribution in [2.75, 3.05) is 6.54 Å². The molecule has 33 heavy (non-hydrogen) atoms. The van der Waals surface area contributed by atoms with Gasteiger partial charge in [0.25, 0.3) is 5.56 Å². The summed E-state index contributed by atoms with van der Waals surface area (Å²) in [5.41, 5.74) is 3.55. The number of halogens is 1. The number of carbonyl (C=O) groups excluding carboxylic acids is 1. The Kier molecular flexibility index (Phi) is 5.80. The van der Waals surface area contributed by atoms with Crippen molar-refractivity contribution in [2.24, 2.45) is 0 Å². The van der Waals surface area contributed by atoms with Gasteiger partial charge in [0.15, 0.2) is 5.16 Å². The molecule has 5 rings (SSSR count). The third kappa shape index (κ3) is 4.20. The van der Waals surface area contributed by atoms with Crippen LogP contribution in [0.5, 0.6) is 0 Å². The van der Waals surface area contributed by atoms with Gasteiger partial charge in [-0.05, 0) is 54.3 Å². The molecule has 0 unspecified atom stereocenters. The molecule has 5 nitrogen and oxygen atoms in total. The van der Waals surface area contributed by atoms with E-state index in [1.807, 2.05) is 37.3 Å². The zero-order chi connectivity index (χ0) is 23.1. The second-order valence-corrected chi connectivity index (χ2v) is 10.2. The standard InChI is InChI=1S/C25H22FN3O2S2/c1-15-5-3-8-19(11-15)29-24(31)22-20-9-10-28(16(2)30)13-21(20)33-23(22)27-25(29)32-14-17-6-4-7-18(26)12-17/h3-8,11-12H,9-10,13-14H2,1-2H3. The number of carbonyl (C=O) groups is 1. The van der Waals surface area contributed by atoms with Crippen LogP contribution < -0.4 is 5.56 Å². The third-order valence-electron chi connectivity index (χ3n) is 5.81. The smallest absolute Gasteiger partial charge is 0.267 e. The van der Waals surface area contributed by atoms with Crippen molar-refractivity contribution in [1.29, 1.82) is 0 Å². The monoisotopic (exact) mass is 479 g/mol. The van der Waals surface area contributed by atoms with Gasteiger partial charge in [-0.3, -0.25) is 14.2 Å². The van der Waals surface area contributed by atoms with E-state index in [-0.39, 0.29) is 17.3 Å². The van der Waals surface area contributed by atoms with Crippen LogP contribution in [0.15, 0.2) is 58.5 Å². The predicted molar refractivity (Wildman–Crippen MR) is 131 cm³/mol. The number of aromatic nitrogens is 2. The van der Waals surface area contributed by atoms with Crippen LogP contribution in [0, 0.1) is 12.7 Å². The molecule has 2 aromatic heterocycles. The normalized spacial score (nSPS) is 13.4. The highest BCUT2D eigenvalue weighted by Gasteiger charge is 2.26. The Labute approximate surface area is 198 Å². The highest BCUT2D eigenvalue weighted by atomic mass is 32.2. The molecule has 0 radical (unpaired) electrons. The molecule has 0 saturated heterocycles. The van der Waals surface area contributed by atoms with E-state index in [2.05, 4.69) is 0 Å². The molecule has 0 aliphatic carbocycles. The first-order valence-corrected chi connectivity index (χ1v) is 12.5. The van der Waals surface area contributed by atoms with Gasteiger partial charge in [0.05, 0.1) is 17.6 Å². The Morgan fingerprint density at radius 3 is 2.79 bits per heavy atom. The first-order chi connectivity index (χ1) is 15.9. The molecule has 0 fully saturated rings. The van der Waals surface area contributed by atoms with Crippen LogP contribution in [-0.4, -0.2) is 26.9 Å². The van der Waals surface area contributed by atoms with Crippen molar-refractivity contribution in [3.8, 4) is 5.69 Å². The van der Waals surface area contributed by atoms with E-state index < -0.39 is 0 Å². The fraction of sp³-hybridized carbons (Fsp3) is 0.240. The van der Waals surface area contributed by atoms with Gasteiger partial charge in [0.1, 0.15) is 10.6 Å². The lowest BCUT2D eigenvalue weighted by Gasteiger charge is -2.25. The number of nitrogens with zero attached hydrogens (tertiary/aromatic N) is 3. The van der Waals surface area contributed by atoms with E-state index in [9.17, 15) is 14.0 Å². The van der Waals surface area contributed by atoms with Gasteiger partial charge in [-0.25, -0.2) is 9.37 Å². The van der Waals surface area contributed by atoms with Gasteiger partial charge < -0.3 is 4.90 Å². The fourth-order valence-electron chi connectivity index (χ4n) is 4.16. The summed E-state index contributed by atoms with van der Waals surface area (Å²) in [6, 6.07) is 14.3. The maximum Gasteiger partial charge on any atom is 0.267 e. The molecule has 4 aromatic rings. The average Bonchev–Trinajstić information content (AvgIpc) is 3.15. The minimum Gasteiger partial charge on any atom is -0.337 e. The second-order valence-electron chi connectivity index (χ2n) is 8.17. The van der Waals surface area contributed by atoms with Gasteiger partial charge in [-0.15, -0.1) is 11.3 Å². The minimum atomic E-state index is -0.284. The van der Waals surface area contributed by atoms with Crippen LogP contribution in [-0.2, 0) is 23.5 Å². The van der Waals surface area contributed by atoms with Gasteiger partial charge in [0.2, 0.25) is 5.91 Å². The van der Waals surface area contributed by atoms with Crippen LogP contribution in [0.2, 0.25) is 0 Å². The minimum absolute atomic E-state index is 0.0366. The molecule has 0 atom stereocenters. The molecule has 0 spiro atoms. The summed E-state index contributed by atoms with van der Waals surface area (Å²) >= 11 is 2.91. The molecule has 168 valence electrons. The van der Waals surface area contributed by atoms with E-state index in [0.717, 1.165) is 27.3 Å². The zero-order valence-corrected chi connectivity index (χ0v) is 19.9. The van der Waals surface area contributed by atoms with Crippen LogP contribution in [0.1, 0.15) is 28.5 Å². The Morgan fingerprint density at radius 1 is 1.21 bits per heavy atom. The second kappa shape index (κ2) is 8.76. The molecular weight excluding hydrogens is 457 g/mol. The van der Waals surface area contributed by atoms with Crippen molar-refractivity contribution in [3.05, 3.63) is 86.3 Å². The number of thioether (sulfide) groups is 1. The van der Waals surface area contributed by atoms with Gasteiger partial charge in [-0.2, -0.15) is 0 Å². The van der Waals surface area contributed by atoms with Crippen LogP contribution >= 0.6 is 23.1 Å². The fourth-order valence-corrected chi connectivity index (χ4v) is 6.39. The summed E-state index contributed by atoms with van der Waals surface area (Å²) in [7, 11) is 0. The number of hydrogen-bond acceptors (Lipinski definition) is 5. The first-order valence-electron chi connectivity index (χ1n) is 10.7. The van der Waals surface area contributed by atoms with Crippen molar-refractivity contribution in [2.45, 2.75) is 37.7 Å². The van der Waals surface area contributed by atoms with Crippen LogP contribution in [0.4, 0.5) is 4.39 Å². The molecule has 8 heteroatoms. The van der Waals surface area contributed by atoms with Crippen LogP contribution in [0.25, 0.3) is 15.9 Å². The topological polar surface area (TPSA) is 55.2 Å². The molecular formula is C25H22FN3O2S2.